The molecule has 0 saturated carbocycles. The predicted octanol–water partition coefficient (Wildman–Crippen LogP) is 2.06. The minimum Gasteiger partial charge on any atom is -0.378 e. The fourth-order valence-corrected chi connectivity index (χ4v) is 3.09. The lowest BCUT2D eigenvalue weighted by Crippen LogP contribution is -2.36. The Morgan fingerprint density at radius 2 is 2.00 bits per heavy atom. The Hall–Kier alpha value is -2.93. The molecular weight excluding hydrogens is 330 g/mol. The first kappa shape index (κ1) is 16.5. The third-order valence-corrected chi connectivity index (χ3v) is 4.59. The van der Waals surface area contributed by atoms with Gasteiger partial charge in [0, 0.05) is 37.4 Å². The van der Waals surface area contributed by atoms with Crippen molar-refractivity contribution in [3.8, 4) is 0 Å². The smallest absolute Gasteiger partial charge is 0.272 e. The van der Waals surface area contributed by atoms with Crippen LogP contribution in [0.3, 0.4) is 0 Å². The Bertz CT molecular complexity index is 867. The molecule has 3 aromatic rings. The van der Waals surface area contributed by atoms with E-state index in [1.54, 1.807) is 22.9 Å². The first-order chi connectivity index (χ1) is 12.7. The van der Waals surface area contributed by atoms with E-state index in [4.69, 9.17) is 4.74 Å². The normalized spacial score (nSPS) is 15.8. The zero-order valence-corrected chi connectivity index (χ0v) is 14.6. The van der Waals surface area contributed by atoms with Crippen LogP contribution in [0.2, 0.25) is 0 Å². The number of amides is 1. The van der Waals surface area contributed by atoms with E-state index in [1.165, 1.54) is 5.69 Å². The molecule has 1 N–H and O–H groups in total. The fourth-order valence-electron chi connectivity index (χ4n) is 3.09. The molecular formula is C19H21N5O2. The van der Waals surface area contributed by atoms with Gasteiger partial charge in [0.05, 0.1) is 19.3 Å². The highest BCUT2D eigenvalue weighted by molar-refractivity contribution is 5.93. The van der Waals surface area contributed by atoms with Gasteiger partial charge in [0.1, 0.15) is 5.69 Å². The molecule has 4 rings (SSSR count). The van der Waals surface area contributed by atoms with Gasteiger partial charge in [-0.15, -0.1) is 0 Å². The van der Waals surface area contributed by atoms with Gasteiger partial charge in [0.15, 0.2) is 0 Å². The average Bonchev–Trinajstić information content (AvgIpc) is 3.13. The summed E-state index contributed by atoms with van der Waals surface area (Å²) in [6.07, 6.45) is 5.16. The van der Waals surface area contributed by atoms with Crippen molar-refractivity contribution < 1.29 is 9.53 Å². The van der Waals surface area contributed by atoms with Gasteiger partial charge in [-0.2, -0.15) is 0 Å². The van der Waals surface area contributed by atoms with Gasteiger partial charge in [-0.3, -0.25) is 9.20 Å². The van der Waals surface area contributed by atoms with E-state index in [1.807, 2.05) is 13.1 Å². The molecule has 2 aromatic heterocycles. The molecule has 0 spiro atoms. The van der Waals surface area contributed by atoms with Crippen molar-refractivity contribution in [2.24, 2.45) is 0 Å². The first-order valence-electron chi connectivity index (χ1n) is 8.74. The van der Waals surface area contributed by atoms with Crippen LogP contribution in [0.25, 0.3) is 5.78 Å². The molecule has 3 heterocycles. The summed E-state index contributed by atoms with van der Waals surface area (Å²) < 4.78 is 7.12. The van der Waals surface area contributed by atoms with Gasteiger partial charge in [0.25, 0.3) is 5.91 Å². The maximum absolute atomic E-state index is 12.5. The third kappa shape index (κ3) is 3.39. The van der Waals surface area contributed by atoms with Crippen LogP contribution in [0.4, 0.5) is 5.69 Å². The Kier molecular flexibility index (Phi) is 4.53. The van der Waals surface area contributed by atoms with Crippen LogP contribution in [-0.4, -0.2) is 46.6 Å². The van der Waals surface area contributed by atoms with E-state index >= 15 is 0 Å². The van der Waals surface area contributed by atoms with Crippen molar-refractivity contribution in [3.63, 3.8) is 0 Å². The SMILES string of the molecule is CC(NC(=O)c1cn2cccnc2n1)c1ccc(N2CCOCC2)cc1. The lowest BCUT2D eigenvalue weighted by Gasteiger charge is -2.29. The quantitative estimate of drug-likeness (QED) is 0.779. The van der Waals surface area contributed by atoms with Crippen molar-refractivity contribution in [1.29, 1.82) is 0 Å². The maximum Gasteiger partial charge on any atom is 0.272 e. The molecule has 7 nitrogen and oxygen atoms in total. The lowest BCUT2D eigenvalue weighted by atomic mass is 10.1. The topological polar surface area (TPSA) is 71.8 Å². The number of nitrogens with one attached hydrogen (secondary N) is 1. The highest BCUT2D eigenvalue weighted by atomic mass is 16.5. The highest BCUT2D eigenvalue weighted by Crippen LogP contribution is 2.20. The number of carbonyl (C=O) groups is 1. The molecule has 1 amide bonds. The molecule has 134 valence electrons. The molecule has 1 aliphatic heterocycles. The number of anilines is 1. The zero-order valence-electron chi connectivity index (χ0n) is 14.6. The summed E-state index contributed by atoms with van der Waals surface area (Å²) in [5.74, 6) is 0.306. The summed E-state index contributed by atoms with van der Waals surface area (Å²) in [5, 5.41) is 3.00. The predicted molar refractivity (Wildman–Crippen MR) is 98.3 cm³/mol. The molecule has 1 aromatic carbocycles. The molecule has 1 unspecified atom stereocenters. The molecule has 1 aliphatic rings. The van der Waals surface area contributed by atoms with Gasteiger partial charge in [-0.25, -0.2) is 9.97 Å². The minimum absolute atomic E-state index is 0.112. The summed E-state index contributed by atoms with van der Waals surface area (Å²) in [4.78, 5) is 23.2. The number of hydrogen-bond donors (Lipinski definition) is 1. The van der Waals surface area contributed by atoms with Crippen molar-refractivity contribution in [2.45, 2.75) is 13.0 Å². The number of rotatable bonds is 4. The Balaban J connectivity index is 1.43. The van der Waals surface area contributed by atoms with Crippen LogP contribution in [-0.2, 0) is 4.74 Å². The summed E-state index contributed by atoms with van der Waals surface area (Å²) in [7, 11) is 0. The number of benzene rings is 1. The van der Waals surface area contributed by atoms with Crippen LogP contribution in [0, 0.1) is 0 Å². The number of morpholine rings is 1. The van der Waals surface area contributed by atoms with Crippen LogP contribution in [0.1, 0.15) is 29.0 Å². The molecule has 0 radical (unpaired) electrons. The molecule has 26 heavy (non-hydrogen) atoms. The van der Waals surface area contributed by atoms with Crippen LogP contribution < -0.4 is 10.2 Å². The number of carbonyl (C=O) groups excluding carboxylic acids is 1. The van der Waals surface area contributed by atoms with E-state index in [-0.39, 0.29) is 11.9 Å². The van der Waals surface area contributed by atoms with Crippen LogP contribution in [0.15, 0.2) is 48.9 Å². The molecule has 0 aliphatic carbocycles. The Labute approximate surface area is 151 Å². The molecule has 1 fully saturated rings. The van der Waals surface area contributed by atoms with E-state index in [0.29, 0.717) is 11.5 Å². The van der Waals surface area contributed by atoms with Gasteiger partial charge >= 0.3 is 0 Å². The second kappa shape index (κ2) is 7.13. The summed E-state index contributed by atoms with van der Waals surface area (Å²) in [6, 6.07) is 9.99. The summed E-state index contributed by atoms with van der Waals surface area (Å²) in [6.45, 7) is 5.32. The second-order valence-electron chi connectivity index (χ2n) is 6.34. The number of nitrogens with zero attached hydrogens (tertiary/aromatic N) is 4. The molecule has 1 atom stereocenters. The number of ether oxygens (including phenoxy) is 1. The summed E-state index contributed by atoms with van der Waals surface area (Å²) in [5.41, 5.74) is 2.60. The second-order valence-corrected chi connectivity index (χ2v) is 6.34. The van der Waals surface area contributed by atoms with Crippen molar-refractivity contribution in [3.05, 3.63) is 60.2 Å². The largest absolute Gasteiger partial charge is 0.378 e. The Morgan fingerprint density at radius 3 is 2.73 bits per heavy atom. The minimum atomic E-state index is -0.208. The zero-order chi connectivity index (χ0) is 17.9. The van der Waals surface area contributed by atoms with Gasteiger partial charge in [-0.05, 0) is 30.7 Å². The van der Waals surface area contributed by atoms with Gasteiger partial charge in [0.2, 0.25) is 5.78 Å². The van der Waals surface area contributed by atoms with Gasteiger partial charge < -0.3 is 15.0 Å². The Morgan fingerprint density at radius 1 is 1.23 bits per heavy atom. The molecule has 7 heteroatoms. The van der Waals surface area contributed by atoms with Crippen molar-refractivity contribution in [1.82, 2.24) is 19.7 Å². The van der Waals surface area contributed by atoms with Crippen molar-refractivity contribution in [2.75, 3.05) is 31.2 Å². The monoisotopic (exact) mass is 351 g/mol. The first-order valence-corrected chi connectivity index (χ1v) is 8.74. The van der Waals surface area contributed by atoms with Crippen LogP contribution in [0.5, 0.6) is 0 Å². The van der Waals surface area contributed by atoms with Crippen molar-refractivity contribution >= 4 is 17.4 Å². The number of fused-ring (bicyclic) bond motifs is 1. The molecule has 1 saturated heterocycles. The third-order valence-electron chi connectivity index (χ3n) is 4.59. The number of aromatic nitrogens is 3. The van der Waals surface area contributed by atoms with Crippen LogP contribution >= 0.6 is 0 Å². The lowest BCUT2D eigenvalue weighted by molar-refractivity contribution is 0.0935. The van der Waals surface area contributed by atoms with E-state index in [0.717, 1.165) is 31.9 Å². The molecule has 0 bridgehead atoms. The highest BCUT2D eigenvalue weighted by Gasteiger charge is 2.16. The fraction of sp³-hybridized carbons (Fsp3) is 0.316. The van der Waals surface area contributed by atoms with E-state index < -0.39 is 0 Å². The van der Waals surface area contributed by atoms with E-state index in [9.17, 15) is 4.79 Å². The number of imidazole rings is 1. The standard InChI is InChI=1S/C19H21N5O2/c1-14(15-3-5-16(6-4-15)23-9-11-26-12-10-23)21-18(25)17-13-24-8-2-7-20-19(24)22-17/h2-8,13-14H,9-12H2,1H3,(H,21,25). The van der Waals surface area contributed by atoms with Gasteiger partial charge in [-0.1, -0.05) is 12.1 Å². The summed E-state index contributed by atoms with van der Waals surface area (Å²) >= 11 is 0. The van der Waals surface area contributed by atoms with E-state index in [2.05, 4.69) is 44.5 Å². The maximum atomic E-state index is 12.5. The number of hydrogen-bond acceptors (Lipinski definition) is 5. The average molecular weight is 351 g/mol.